The van der Waals surface area contributed by atoms with E-state index in [-0.39, 0.29) is 17.8 Å². The molecular formula is C30H32FN3O2. The number of hydrazone groups is 1. The van der Waals surface area contributed by atoms with Crippen LogP contribution in [0.25, 0.3) is 0 Å². The molecule has 0 unspecified atom stereocenters. The van der Waals surface area contributed by atoms with Crippen molar-refractivity contribution in [3.05, 3.63) is 101 Å². The summed E-state index contributed by atoms with van der Waals surface area (Å²) in [6.45, 7) is 2.15. The fraction of sp³-hybridized carbons (Fsp3) is 0.333. The van der Waals surface area contributed by atoms with E-state index < -0.39 is 0 Å². The molecule has 1 fully saturated rings. The van der Waals surface area contributed by atoms with E-state index in [4.69, 9.17) is 9.84 Å². The van der Waals surface area contributed by atoms with Crippen LogP contribution in [0.15, 0.2) is 84.0 Å². The van der Waals surface area contributed by atoms with Gasteiger partial charge in [0.05, 0.1) is 25.4 Å². The van der Waals surface area contributed by atoms with Gasteiger partial charge in [-0.05, 0) is 73.7 Å². The number of halogens is 1. The molecule has 1 amide bonds. The van der Waals surface area contributed by atoms with Crippen LogP contribution >= 0.6 is 0 Å². The van der Waals surface area contributed by atoms with Gasteiger partial charge in [0, 0.05) is 12.0 Å². The van der Waals surface area contributed by atoms with Gasteiger partial charge in [0.15, 0.2) is 0 Å². The predicted molar refractivity (Wildman–Crippen MR) is 139 cm³/mol. The molecule has 3 aromatic rings. The molecule has 0 bridgehead atoms. The monoisotopic (exact) mass is 485 g/mol. The lowest BCUT2D eigenvalue weighted by Gasteiger charge is -2.33. The molecule has 186 valence electrons. The Bertz CT molecular complexity index is 1200. The molecule has 2 aliphatic rings. The van der Waals surface area contributed by atoms with Gasteiger partial charge < -0.3 is 4.74 Å². The lowest BCUT2D eigenvalue weighted by molar-refractivity contribution is -0.134. The van der Waals surface area contributed by atoms with Crippen molar-refractivity contribution >= 4 is 11.6 Å². The van der Waals surface area contributed by atoms with Crippen molar-refractivity contribution in [1.29, 1.82) is 0 Å². The van der Waals surface area contributed by atoms with Crippen LogP contribution in [0.3, 0.4) is 0 Å². The molecule has 5 rings (SSSR count). The first kappa shape index (κ1) is 24.2. The first-order valence-corrected chi connectivity index (χ1v) is 12.6. The van der Waals surface area contributed by atoms with Gasteiger partial charge in [-0.15, -0.1) is 0 Å². The van der Waals surface area contributed by atoms with Gasteiger partial charge in [0.2, 0.25) is 0 Å². The van der Waals surface area contributed by atoms with Gasteiger partial charge in [0.25, 0.3) is 5.91 Å². The second kappa shape index (κ2) is 11.0. The molecule has 2 heterocycles. The lowest BCUT2D eigenvalue weighted by Crippen LogP contribution is -2.42. The molecule has 1 atom stereocenters. The molecule has 0 N–H and O–H groups in total. The Hall–Kier alpha value is -3.51. The van der Waals surface area contributed by atoms with Crippen molar-refractivity contribution in [3.8, 4) is 5.75 Å². The number of amides is 1. The number of carbonyl (C=O) groups excluding carboxylic acids is 1. The third-order valence-corrected chi connectivity index (χ3v) is 7.26. The number of likely N-dealkylation sites (tertiary alicyclic amines) is 1. The highest BCUT2D eigenvalue weighted by atomic mass is 19.1. The Kier molecular flexibility index (Phi) is 7.42. The number of hydrogen-bond donors (Lipinski definition) is 0. The van der Waals surface area contributed by atoms with E-state index in [1.165, 1.54) is 17.7 Å². The summed E-state index contributed by atoms with van der Waals surface area (Å²) in [4.78, 5) is 15.8. The predicted octanol–water partition coefficient (Wildman–Crippen LogP) is 5.47. The molecule has 3 aromatic carbocycles. The Morgan fingerprint density at radius 3 is 2.44 bits per heavy atom. The zero-order valence-electron chi connectivity index (χ0n) is 20.6. The van der Waals surface area contributed by atoms with Crippen molar-refractivity contribution in [3.63, 3.8) is 0 Å². The van der Waals surface area contributed by atoms with Crippen LogP contribution in [0, 0.1) is 11.7 Å². The van der Waals surface area contributed by atoms with E-state index in [0.29, 0.717) is 24.4 Å². The second-order valence-electron chi connectivity index (χ2n) is 9.70. The minimum absolute atomic E-state index is 0.0243. The minimum Gasteiger partial charge on any atom is -0.497 e. The second-order valence-corrected chi connectivity index (χ2v) is 9.70. The van der Waals surface area contributed by atoms with Gasteiger partial charge >= 0.3 is 0 Å². The summed E-state index contributed by atoms with van der Waals surface area (Å²) >= 11 is 0. The average molecular weight is 486 g/mol. The Morgan fingerprint density at radius 2 is 1.75 bits per heavy atom. The maximum Gasteiger partial charge on any atom is 0.257 e. The highest BCUT2D eigenvalue weighted by molar-refractivity contribution is 6.03. The Labute approximate surface area is 212 Å². The molecule has 0 saturated carbocycles. The van der Waals surface area contributed by atoms with Crippen LogP contribution in [0.1, 0.15) is 42.0 Å². The molecule has 5 nitrogen and oxygen atoms in total. The summed E-state index contributed by atoms with van der Waals surface area (Å²) in [5.41, 5.74) is 3.81. The Morgan fingerprint density at radius 1 is 1.00 bits per heavy atom. The molecule has 36 heavy (non-hydrogen) atoms. The summed E-state index contributed by atoms with van der Waals surface area (Å²) in [6, 6.07) is 24.6. The van der Waals surface area contributed by atoms with Gasteiger partial charge in [-0.3, -0.25) is 9.69 Å². The molecular weight excluding hydrogens is 453 g/mol. The highest BCUT2D eigenvalue weighted by Crippen LogP contribution is 2.34. The third kappa shape index (κ3) is 5.65. The lowest BCUT2D eigenvalue weighted by atomic mass is 9.90. The van der Waals surface area contributed by atoms with Crippen molar-refractivity contribution in [1.82, 2.24) is 9.91 Å². The fourth-order valence-electron chi connectivity index (χ4n) is 5.23. The standard InChI is InChI=1S/C30H32FN3O2/c1-36-27-12-10-24(11-13-27)29-20-28(25-8-5-9-26(31)19-25)32-34(29)30(35)21-33-16-14-23(15-17-33)18-22-6-3-2-4-7-22/h2-13,19,23,29H,14-18,20-21H2,1H3/t29-/m0/s1. The quantitative estimate of drug-likeness (QED) is 0.446. The van der Waals surface area contributed by atoms with E-state index >= 15 is 0 Å². The van der Waals surface area contributed by atoms with Crippen LogP contribution in [0.4, 0.5) is 4.39 Å². The molecule has 0 aliphatic carbocycles. The molecule has 6 heteroatoms. The topological polar surface area (TPSA) is 45.1 Å². The smallest absolute Gasteiger partial charge is 0.257 e. The third-order valence-electron chi connectivity index (χ3n) is 7.26. The fourth-order valence-corrected chi connectivity index (χ4v) is 5.23. The molecule has 1 saturated heterocycles. The highest BCUT2D eigenvalue weighted by Gasteiger charge is 2.34. The zero-order chi connectivity index (χ0) is 24.9. The number of carbonyl (C=O) groups is 1. The summed E-state index contributed by atoms with van der Waals surface area (Å²) in [7, 11) is 1.63. The van der Waals surface area contributed by atoms with Gasteiger partial charge in [0.1, 0.15) is 11.6 Å². The van der Waals surface area contributed by atoms with E-state index in [0.717, 1.165) is 49.4 Å². The van der Waals surface area contributed by atoms with E-state index in [1.807, 2.05) is 30.3 Å². The maximum absolute atomic E-state index is 13.9. The van der Waals surface area contributed by atoms with Crippen LogP contribution in [-0.4, -0.2) is 48.3 Å². The molecule has 0 aromatic heterocycles. The first-order chi connectivity index (χ1) is 17.6. The normalized spacial score (nSPS) is 18.8. The van der Waals surface area contributed by atoms with E-state index in [2.05, 4.69) is 35.2 Å². The molecule has 0 radical (unpaired) electrons. The van der Waals surface area contributed by atoms with Crippen molar-refractivity contribution < 1.29 is 13.9 Å². The van der Waals surface area contributed by atoms with Gasteiger partial charge in [-0.2, -0.15) is 5.10 Å². The largest absolute Gasteiger partial charge is 0.497 e. The van der Waals surface area contributed by atoms with E-state index in [1.54, 1.807) is 18.2 Å². The summed E-state index contributed by atoms with van der Waals surface area (Å²) in [5, 5.41) is 6.32. The number of methoxy groups -OCH3 is 1. The van der Waals surface area contributed by atoms with Crippen molar-refractivity contribution in [2.75, 3.05) is 26.7 Å². The number of rotatable bonds is 7. The Balaban J connectivity index is 1.27. The molecule has 2 aliphatic heterocycles. The van der Waals surface area contributed by atoms with Crippen LogP contribution in [-0.2, 0) is 11.2 Å². The zero-order valence-corrected chi connectivity index (χ0v) is 20.6. The first-order valence-electron chi connectivity index (χ1n) is 12.6. The SMILES string of the molecule is COc1ccc([C@@H]2CC(c3cccc(F)c3)=NN2C(=O)CN2CCC(Cc3ccccc3)CC2)cc1. The number of benzene rings is 3. The summed E-state index contributed by atoms with van der Waals surface area (Å²) in [5.74, 6) is 1.08. The number of ether oxygens (including phenoxy) is 1. The van der Waals surface area contributed by atoms with Gasteiger partial charge in [-0.25, -0.2) is 9.40 Å². The summed E-state index contributed by atoms with van der Waals surface area (Å²) < 4.78 is 19.2. The number of piperidine rings is 1. The van der Waals surface area contributed by atoms with Crippen molar-refractivity contribution in [2.24, 2.45) is 11.0 Å². The maximum atomic E-state index is 13.9. The van der Waals surface area contributed by atoms with Gasteiger partial charge in [-0.1, -0.05) is 54.6 Å². The number of nitrogens with zero attached hydrogens (tertiary/aromatic N) is 3. The average Bonchev–Trinajstić information content (AvgIpc) is 3.36. The van der Waals surface area contributed by atoms with Crippen LogP contribution in [0.2, 0.25) is 0 Å². The molecule has 0 spiro atoms. The minimum atomic E-state index is -0.306. The number of hydrogen-bond acceptors (Lipinski definition) is 4. The summed E-state index contributed by atoms with van der Waals surface area (Å²) in [6.07, 6.45) is 3.81. The van der Waals surface area contributed by atoms with Crippen LogP contribution < -0.4 is 4.74 Å². The van der Waals surface area contributed by atoms with Crippen LogP contribution in [0.5, 0.6) is 5.75 Å². The van der Waals surface area contributed by atoms with Crippen molar-refractivity contribution in [2.45, 2.75) is 31.7 Å². The van der Waals surface area contributed by atoms with E-state index in [9.17, 15) is 9.18 Å².